The van der Waals surface area contributed by atoms with Gasteiger partial charge in [-0.2, -0.15) is 13.2 Å². The maximum atomic E-state index is 13.4. The fourth-order valence-corrected chi connectivity index (χ4v) is 6.38. The Morgan fingerprint density at radius 3 is 2.60 bits per heavy atom. The fourth-order valence-electron chi connectivity index (χ4n) is 5.04. The molecule has 1 aliphatic heterocycles. The number of halogens is 3. The Bertz CT molecular complexity index is 1460. The van der Waals surface area contributed by atoms with Gasteiger partial charge in [-0.3, -0.25) is 4.79 Å². The summed E-state index contributed by atoms with van der Waals surface area (Å²) < 4.78 is 55.9. The summed E-state index contributed by atoms with van der Waals surface area (Å²) in [5.74, 6) is -0.219. The normalized spacial score (nSPS) is 15.4. The van der Waals surface area contributed by atoms with E-state index in [2.05, 4.69) is 20.4 Å². The number of amides is 1. The molecule has 1 amide bonds. The van der Waals surface area contributed by atoms with Gasteiger partial charge in [0.2, 0.25) is 0 Å². The number of carbonyl (C=O) groups excluding carboxylic acids is 2. The number of benzene rings is 2. The van der Waals surface area contributed by atoms with Gasteiger partial charge in [-0.1, -0.05) is 42.1 Å². The van der Waals surface area contributed by atoms with E-state index in [-0.39, 0.29) is 30.1 Å². The van der Waals surface area contributed by atoms with Crippen LogP contribution < -0.4 is 10.1 Å². The van der Waals surface area contributed by atoms with E-state index in [9.17, 15) is 22.8 Å². The minimum atomic E-state index is -4.54. The molecule has 4 rings (SSSR count). The van der Waals surface area contributed by atoms with E-state index in [0.717, 1.165) is 43.6 Å². The SMILES string of the molecule is CCOC(=O)CCN1CCC[C@@H](Sc2nnc(-c3ccc(C(F)(F)F)cc3OC)c(C)c2CNC(=O)OCc2ccccc2)C1. The predicted molar refractivity (Wildman–Crippen MR) is 164 cm³/mol. The van der Waals surface area contributed by atoms with Gasteiger partial charge in [0.15, 0.2) is 0 Å². The van der Waals surface area contributed by atoms with Gasteiger partial charge in [-0.25, -0.2) is 4.79 Å². The largest absolute Gasteiger partial charge is 0.496 e. The van der Waals surface area contributed by atoms with Crippen LogP contribution in [0.3, 0.4) is 0 Å². The topological polar surface area (TPSA) is 103 Å². The van der Waals surface area contributed by atoms with Gasteiger partial charge in [-0.15, -0.1) is 10.2 Å². The standard InChI is InChI=1S/C32H37F3N4O5S/c1-4-43-28(40)14-16-39-15-8-11-24(19-39)45-30-26(18-36-31(41)44-20-22-9-6-5-7-10-22)21(2)29(37-38-30)25-13-12-23(32(33,34)35)17-27(25)42-3/h5-7,9-10,12-13,17,24H,4,8,11,14-16,18-20H2,1-3H3,(H,36,41)/t24-/m1/s1. The molecule has 1 saturated heterocycles. The average molecular weight is 647 g/mol. The Morgan fingerprint density at radius 1 is 1.11 bits per heavy atom. The molecule has 1 N–H and O–H groups in total. The molecule has 1 atom stereocenters. The Hall–Kier alpha value is -3.84. The first kappa shape index (κ1) is 34.0. The van der Waals surface area contributed by atoms with Crippen LogP contribution in [-0.2, 0) is 33.6 Å². The number of hydrogen-bond acceptors (Lipinski definition) is 9. The van der Waals surface area contributed by atoms with Crippen LogP contribution in [-0.4, -0.2) is 65.8 Å². The average Bonchev–Trinajstić information content (AvgIpc) is 3.03. The number of ether oxygens (including phenoxy) is 3. The van der Waals surface area contributed by atoms with Crippen LogP contribution in [0.2, 0.25) is 0 Å². The third kappa shape index (κ3) is 9.57. The Balaban J connectivity index is 1.57. The van der Waals surface area contributed by atoms with Crippen molar-refractivity contribution in [3.05, 3.63) is 70.8 Å². The van der Waals surface area contributed by atoms with E-state index in [1.165, 1.54) is 24.9 Å². The molecule has 0 radical (unpaired) electrons. The number of rotatable bonds is 12. The smallest absolute Gasteiger partial charge is 0.416 e. The molecule has 1 fully saturated rings. The number of esters is 1. The Morgan fingerprint density at radius 2 is 1.89 bits per heavy atom. The number of methoxy groups -OCH3 is 1. The second-order valence-corrected chi connectivity index (χ2v) is 11.8. The molecule has 0 saturated carbocycles. The van der Waals surface area contributed by atoms with E-state index in [1.807, 2.05) is 30.3 Å². The highest BCUT2D eigenvalue weighted by atomic mass is 32.2. The van der Waals surface area contributed by atoms with Crippen molar-refractivity contribution in [3.8, 4) is 17.0 Å². The van der Waals surface area contributed by atoms with Crippen molar-refractivity contribution in [1.29, 1.82) is 0 Å². The summed E-state index contributed by atoms with van der Waals surface area (Å²) in [5, 5.41) is 12.5. The van der Waals surface area contributed by atoms with Crippen molar-refractivity contribution >= 4 is 23.8 Å². The van der Waals surface area contributed by atoms with Crippen LogP contribution in [0.5, 0.6) is 5.75 Å². The first-order valence-electron chi connectivity index (χ1n) is 14.7. The third-order valence-corrected chi connectivity index (χ3v) is 8.66. The van der Waals surface area contributed by atoms with E-state index in [0.29, 0.717) is 47.0 Å². The highest BCUT2D eigenvalue weighted by Crippen LogP contribution is 2.39. The number of carbonyl (C=O) groups is 2. The maximum Gasteiger partial charge on any atom is 0.416 e. The number of alkyl halides is 3. The molecule has 2 aromatic carbocycles. The van der Waals surface area contributed by atoms with Crippen molar-refractivity contribution in [3.63, 3.8) is 0 Å². The lowest BCUT2D eigenvalue weighted by Crippen LogP contribution is -2.38. The Kier molecular flexibility index (Phi) is 12.1. The summed E-state index contributed by atoms with van der Waals surface area (Å²) in [5.41, 5.74) is 2.01. The first-order valence-corrected chi connectivity index (χ1v) is 15.6. The summed E-state index contributed by atoms with van der Waals surface area (Å²) in [7, 11) is 1.30. The van der Waals surface area contributed by atoms with Gasteiger partial charge in [0.1, 0.15) is 17.4 Å². The minimum Gasteiger partial charge on any atom is -0.496 e. The van der Waals surface area contributed by atoms with Crippen LogP contribution >= 0.6 is 11.8 Å². The lowest BCUT2D eigenvalue weighted by molar-refractivity contribution is -0.143. The summed E-state index contributed by atoms with van der Waals surface area (Å²) in [6.45, 7) is 6.27. The molecule has 0 aliphatic carbocycles. The van der Waals surface area contributed by atoms with Gasteiger partial charge in [0, 0.05) is 36.0 Å². The zero-order chi connectivity index (χ0) is 32.4. The molecule has 9 nitrogen and oxygen atoms in total. The van der Waals surface area contributed by atoms with E-state index in [4.69, 9.17) is 14.2 Å². The third-order valence-electron chi connectivity index (χ3n) is 7.39. The summed E-state index contributed by atoms with van der Waals surface area (Å²) in [4.78, 5) is 26.8. The molecule has 242 valence electrons. The zero-order valence-corrected chi connectivity index (χ0v) is 26.3. The van der Waals surface area contributed by atoms with Gasteiger partial charge in [0.25, 0.3) is 0 Å². The number of hydrogen-bond donors (Lipinski definition) is 1. The van der Waals surface area contributed by atoms with Crippen molar-refractivity contribution < 1.29 is 37.0 Å². The first-order chi connectivity index (χ1) is 21.6. The van der Waals surface area contributed by atoms with Crippen molar-refractivity contribution in [2.45, 2.75) is 62.7 Å². The summed E-state index contributed by atoms with van der Waals surface area (Å²) in [6, 6.07) is 12.5. The molecule has 0 unspecified atom stereocenters. The van der Waals surface area contributed by atoms with E-state index >= 15 is 0 Å². The van der Waals surface area contributed by atoms with Gasteiger partial charge in [0.05, 0.1) is 31.4 Å². The van der Waals surface area contributed by atoms with Crippen LogP contribution in [0.1, 0.15) is 48.4 Å². The lowest BCUT2D eigenvalue weighted by atomic mass is 10.0. The van der Waals surface area contributed by atoms with Crippen LogP contribution in [0.15, 0.2) is 53.6 Å². The van der Waals surface area contributed by atoms with Gasteiger partial charge in [-0.05, 0) is 62.6 Å². The number of thioether (sulfide) groups is 1. The van der Waals surface area contributed by atoms with Crippen LogP contribution in [0.25, 0.3) is 11.3 Å². The number of aromatic nitrogens is 2. The molecule has 3 aromatic rings. The fraction of sp³-hybridized carbons (Fsp3) is 0.438. The highest BCUT2D eigenvalue weighted by molar-refractivity contribution is 7.99. The number of alkyl carbamates (subject to hydrolysis) is 1. The molecule has 13 heteroatoms. The number of piperidine rings is 1. The number of likely N-dealkylation sites (tertiary alicyclic amines) is 1. The molecule has 0 bridgehead atoms. The van der Waals surface area contributed by atoms with Crippen LogP contribution in [0, 0.1) is 6.92 Å². The van der Waals surface area contributed by atoms with E-state index < -0.39 is 17.8 Å². The molecule has 0 spiro atoms. The second-order valence-electron chi connectivity index (χ2n) is 10.5. The van der Waals surface area contributed by atoms with Crippen LogP contribution in [0.4, 0.5) is 18.0 Å². The van der Waals surface area contributed by atoms with Crippen molar-refractivity contribution in [1.82, 2.24) is 20.4 Å². The molecule has 45 heavy (non-hydrogen) atoms. The zero-order valence-electron chi connectivity index (χ0n) is 25.5. The molecular weight excluding hydrogens is 609 g/mol. The molecule has 2 heterocycles. The molecular formula is C32H37F3N4O5S. The minimum absolute atomic E-state index is 0.00771. The van der Waals surface area contributed by atoms with E-state index in [1.54, 1.807) is 13.8 Å². The highest BCUT2D eigenvalue weighted by Gasteiger charge is 2.32. The van der Waals surface area contributed by atoms with Crippen molar-refractivity contribution in [2.75, 3.05) is 33.4 Å². The van der Waals surface area contributed by atoms with Gasteiger partial charge >= 0.3 is 18.2 Å². The maximum absolute atomic E-state index is 13.4. The van der Waals surface area contributed by atoms with Gasteiger partial charge < -0.3 is 24.4 Å². The molecule has 1 aliphatic rings. The second kappa shape index (κ2) is 15.9. The van der Waals surface area contributed by atoms with Crippen molar-refractivity contribution in [2.24, 2.45) is 0 Å². The monoisotopic (exact) mass is 646 g/mol. The predicted octanol–water partition coefficient (Wildman–Crippen LogP) is 6.42. The number of nitrogens with zero attached hydrogens (tertiary/aromatic N) is 3. The summed E-state index contributed by atoms with van der Waals surface area (Å²) >= 11 is 1.53. The number of nitrogens with one attached hydrogen (secondary N) is 1. The molecule has 1 aromatic heterocycles. The lowest BCUT2D eigenvalue weighted by Gasteiger charge is -2.32. The summed E-state index contributed by atoms with van der Waals surface area (Å²) in [6.07, 6.45) is -2.99. The quantitative estimate of drug-likeness (QED) is 0.224. The Labute approximate surface area is 264 Å².